The van der Waals surface area contributed by atoms with E-state index >= 15 is 0 Å². The number of thiophene rings is 1. The quantitative estimate of drug-likeness (QED) is 0.878. The highest BCUT2D eigenvalue weighted by Gasteiger charge is 2.24. The predicted molar refractivity (Wildman–Crippen MR) is 76.6 cm³/mol. The number of rotatable bonds is 2. The largest absolute Gasteiger partial charge is 0.396 e. The molecular formula is C13H13N5OS. The van der Waals surface area contributed by atoms with Gasteiger partial charge in [-0.3, -0.25) is 9.48 Å². The maximum absolute atomic E-state index is 12.2. The standard InChI is InChI=1S/C13H13N5OS/c1-18-6-9(15)11(17-18)12(19)16-13-8(5-14)7-3-2-4-10(7)20-13/h6H,2-4,15H2,1H3,(H,16,19). The second-order valence-corrected chi connectivity index (χ2v) is 5.84. The van der Waals surface area contributed by atoms with E-state index in [0.29, 0.717) is 16.3 Å². The number of amides is 1. The highest BCUT2D eigenvalue weighted by Crippen LogP contribution is 2.38. The molecule has 6 nitrogen and oxygen atoms in total. The molecule has 3 N–H and O–H groups in total. The molecule has 0 aromatic carbocycles. The molecular weight excluding hydrogens is 274 g/mol. The van der Waals surface area contributed by atoms with Gasteiger partial charge in [0.2, 0.25) is 0 Å². The maximum atomic E-state index is 12.2. The number of nitriles is 1. The van der Waals surface area contributed by atoms with Crippen LogP contribution in [0.5, 0.6) is 0 Å². The van der Waals surface area contributed by atoms with Gasteiger partial charge in [0.1, 0.15) is 11.1 Å². The zero-order valence-corrected chi connectivity index (χ0v) is 11.8. The number of nitrogens with two attached hydrogens (primary N) is 1. The average molecular weight is 287 g/mol. The predicted octanol–water partition coefficient (Wildman–Crippen LogP) is 1.68. The van der Waals surface area contributed by atoms with Gasteiger partial charge in [0, 0.05) is 18.1 Å². The summed E-state index contributed by atoms with van der Waals surface area (Å²) in [5, 5.41) is 16.7. The highest BCUT2D eigenvalue weighted by atomic mass is 32.1. The summed E-state index contributed by atoms with van der Waals surface area (Å²) in [5.74, 6) is -0.375. The zero-order valence-electron chi connectivity index (χ0n) is 10.9. The molecule has 7 heteroatoms. The summed E-state index contributed by atoms with van der Waals surface area (Å²) in [6.07, 6.45) is 4.55. The fourth-order valence-electron chi connectivity index (χ4n) is 2.46. The third kappa shape index (κ3) is 1.94. The van der Waals surface area contributed by atoms with E-state index in [1.54, 1.807) is 13.2 Å². The Bertz CT molecular complexity index is 737. The number of fused-ring (bicyclic) bond motifs is 1. The lowest BCUT2D eigenvalue weighted by atomic mass is 10.1. The molecule has 0 saturated heterocycles. The fraction of sp³-hybridized carbons (Fsp3) is 0.308. The minimum Gasteiger partial charge on any atom is -0.396 e. The summed E-state index contributed by atoms with van der Waals surface area (Å²) in [7, 11) is 1.70. The number of carbonyl (C=O) groups excluding carboxylic acids is 1. The average Bonchev–Trinajstić information content (AvgIpc) is 3.03. The van der Waals surface area contributed by atoms with Gasteiger partial charge in [0.05, 0.1) is 11.3 Å². The molecule has 20 heavy (non-hydrogen) atoms. The van der Waals surface area contributed by atoms with Crippen molar-refractivity contribution in [3.63, 3.8) is 0 Å². The van der Waals surface area contributed by atoms with Crippen LogP contribution in [-0.4, -0.2) is 15.7 Å². The van der Waals surface area contributed by atoms with Crippen molar-refractivity contribution < 1.29 is 4.79 Å². The molecule has 3 rings (SSSR count). The van der Waals surface area contributed by atoms with Crippen LogP contribution < -0.4 is 11.1 Å². The van der Waals surface area contributed by atoms with Crippen LogP contribution in [0.15, 0.2) is 6.20 Å². The Morgan fingerprint density at radius 2 is 2.40 bits per heavy atom. The number of aryl methyl sites for hydroxylation is 2. The summed E-state index contributed by atoms with van der Waals surface area (Å²) in [4.78, 5) is 13.4. The Hall–Kier alpha value is -2.33. The first-order valence-corrected chi connectivity index (χ1v) is 7.07. The number of carbonyl (C=O) groups is 1. The Kier molecular flexibility index (Phi) is 2.95. The summed E-state index contributed by atoms with van der Waals surface area (Å²) >= 11 is 1.48. The highest BCUT2D eigenvalue weighted by molar-refractivity contribution is 7.16. The van der Waals surface area contributed by atoms with Crippen LogP contribution in [0.1, 0.15) is 32.9 Å². The van der Waals surface area contributed by atoms with E-state index in [1.165, 1.54) is 20.9 Å². The summed E-state index contributed by atoms with van der Waals surface area (Å²) in [6, 6.07) is 2.19. The normalized spacial score (nSPS) is 13.0. The van der Waals surface area contributed by atoms with E-state index in [2.05, 4.69) is 16.5 Å². The van der Waals surface area contributed by atoms with Gasteiger partial charge in [-0.2, -0.15) is 10.4 Å². The fourth-order valence-corrected chi connectivity index (χ4v) is 3.69. The van der Waals surface area contributed by atoms with Crippen molar-refractivity contribution in [1.29, 1.82) is 5.26 Å². The minimum absolute atomic E-state index is 0.185. The lowest BCUT2D eigenvalue weighted by Gasteiger charge is -2.02. The number of nitrogen functional groups attached to an aromatic ring is 1. The molecule has 0 fully saturated rings. The molecule has 0 aliphatic heterocycles. The van der Waals surface area contributed by atoms with E-state index < -0.39 is 0 Å². The molecule has 0 bridgehead atoms. The van der Waals surface area contributed by atoms with Crippen LogP contribution in [0.3, 0.4) is 0 Å². The van der Waals surface area contributed by atoms with Gasteiger partial charge in [-0.1, -0.05) is 0 Å². The molecule has 2 aromatic heterocycles. The topological polar surface area (TPSA) is 96.7 Å². The third-order valence-corrected chi connectivity index (χ3v) is 4.54. The molecule has 0 unspecified atom stereocenters. The number of nitrogens with zero attached hydrogens (tertiary/aromatic N) is 3. The summed E-state index contributed by atoms with van der Waals surface area (Å²) in [5.41, 5.74) is 7.92. The van der Waals surface area contributed by atoms with Gasteiger partial charge in [0.25, 0.3) is 5.91 Å². The Morgan fingerprint density at radius 1 is 1.60 bits per heavy atom. The van der Waals surface area contributed by atoms with Gasteiger partial charge in [-0.15, -0.1) is 11.3 Å². The number of aromatic nitrogens is 2. The van der Waals surface area contributed by atoms with Crippen molar-refractivity contribution in [2.24, 2.45) is 7.05 Å². The minimum atomic E-state index is -0.375. The van der Waals surface area contributed by atoms with Gasteiger partial charge in [0.15, 0.2) is 5.69 Å². The zero-order chi connectivity index (χ0) is 14.3. The first-order valence-electron chi connectivity index (χ1n) is 6.25. The van der Waals surface area contributed by atoms with Crippen LogP contribution in [0.4, 0.5) is 10.7 Å². The van der Waals surface area contributed by atoms with Crippen molar-refractivity contribution in [3.05, 3.63) is 27.9 Å². The molecule has 0 atom stereocenters. The van der Waals surface area contributed by atoms with Crippen LogP contribution in [0.25, 0.3) is 0 Å². The van der Waals surface area contributed by atoms with Gasteiger partial charge >= 0.3 is 0 Å². The van der Waals surface area contributed by atoms with Crippen LogP contribution in [0, 0.1) is 11.3 Å². The Labute approximate surface area is 119 Å². The molecule has 1 aliphatic rings. The molecule has 0 spiro atoms. The Balaban J connectivity index is 1.91. The van der Waals surface area contributed by atoms with Crippen molar-refractivity contribution in [3.8, 4) is 6.07 Å². The van der Waals surface area contributed by atoms with Gasteiger partial charge < -0.3 is 11.1 Å². The molecule has 0 saturated carbocycles. The lowest BCUT2D eigenvalue weighted by molar-refractivity contribution is 0.102. The van der Waals surface area contributed by atoms with Gasteiger partial charge in [-0.05, 0) is 24.8 Å². The van der Waals surface area contributed by atoms with Crippen molar-refractivity contribution >= 4 is 27.9 Å². The number of hydrogen-bond donors (Lipinski definition) is 2. The van der Waals surface area contributed by atoms with Crippen molar-refractivity contribution in [1.82, 2.24) is 9.78 Å². The maximum Gasteiger partial charge on any atom is 0.278 e. The summed E-state index contributed by atoms with van der Waals surface area (Å²) in [6.45, 7) is 0. The van der Waals surface area contributed by atoms with Crippen molar-refractivity contribution in [2.75, 3.05) is 11.1 Å². The third-order valence-electron chi connectivity index (χ3n) is 3.33. The van der Waals surface area contributed by atoms with E-state index in [-0.39, 0.29) is 11.6 Å². The smallest absolute Gasteiger partial charge is 0.278 e. The Morgan fingerprint density at radius 3 is 3.05 bits per heavy atom. The van der Waals surface area contributed by atoms with E-state index in [1.807, 2.05) is 0 Å². The van der Waals surface area contributed by atoms with Crippen LogP contribution >= 0.6 is 11.3 Å². The lowest BCUT2D eigenvalue weighted by Crippen LogP contribution is -2.14. The molecule has 0 radical (unpaired) electrons. The van der Waals surface area contributed by atoms with Crippen molar-refractivity contribution in [2.45, 2.75) is 19.3 Å². The molecule has 1 amide bonds. The first kappa shape index (κ1) is 12.7. The summed E-state index contributed by atoms with van der Waals surface area (Å²) < 4.78 is 1.49. The molecule has 2 aromatic rings. The van der Waals surface area contributed by atoms with E-state index in [9.17, 15) is 10.1 Å². The van der Waals surface area contributed by atoms with Crippen LogP contribution in [0.2, 0.25) is 0 Å². The van der Waals surface area contributed by atoms with Gasteiger partial charge in [-0.25, -0.2) is 0 Å². The number of hydrogen-bond acceptors (Lipinski definition) is 5. The second kappa shape index (κ2) is 4.65. The van der Waals surface area contributed by atoms with E-state index in [4.69, 9.17) is 5.73 Å². The monoisotopic (exact) mass is 287 g/mol. The number of anilines is 2. The first-order chi connectivity index (χ1) is 9.60. The SMILES string of the molecule is Cn1cc(N)c(C(=O)Nc2sc3c(c2C#N)CCC3)n1. The van der Waals surface area contributed by atoms with Crippen LogP contribution in [-0.2, 0) is 19.9 Å². The molecule has 1 aliphatic carbocycles. The second-order valence-electron chi connectivity index (χ2n) is 4.73. The molecule has 2 heterocycles. The number of nitrogens with one attached hydrogen (secondary N) is 1. The van der Waals surface area contributed by atoms with E-state index in [0.717, 1.165) is 24.8 Å². The molecule has 102 valence electrons.